The number of ether oxygens (including phenoxy) is 3. The molecule has 6 nitrogen and oxygen atoms in total. The zero-order valence-electron chi connectivity index (χ0n) is 45.9. The number of carbonyl (C=O) groups is 3. The van der Waals surface area contributed by atoms with Gasteiger partial charge in [-0.15, -0.1) is 0 Å². The van der Waals surface area contributed by atoms with Crippen molar-refractivity contribution in [3.05, 3.63) is 122 Å². The highest BCUT2D eigenvalue weighted by Gasteiger charge is 2.19. The average molecular weight is 984 g/mol. The molecule has 0 heterocycles. The maximum absolute atomic E-state index is 12.8. The molecule has 0 aliphatic rings. The monoisotopic (exact) mass is 983 g/mol. The molecule has 0 N–H and O–H groups in total. The Morgan fingerprint density at radius 2 is 0.563 bits per heavy atom. The van der Waals surface area contributed by atoms with Crippen LogP contribution in [0, 0.1) is 0 Å². The van der Waals surface area contributed by atoms with Gasteiger partial charge in [-0.2, -0.15) is 0 Å². The summed E-state index contributed by atoms with van der Waals surface area (Å²) in [5, 5.41) is 0. The largest absolute Gasteiger partial charge is 0.462 e. The third-order valence-electron chi connectivity index (χ3n) is 11.9. The van der Waals surface area contributed by atoms with E-state index in [4.69, 9.17) is 14.2 Å². The summed E-state index contributed by atoms with van der Waals surface area (Å²) >= 11 is 0. The molecular formula is C65H106O6. The van der Waals surface area contributed by atoms with Crippen LogP contribution in [0.25, 0.3) is 0 Å². The van der Waals surface area contributed by atoms with E-state index in [1.807, 2.05) is 0 Å². The molecule has 0 aromatic rings. The van der Waals surface area contributed by atoms with Gasteiger partial charge in [0.05, 0.1) is 0 Å². The number of esters is 3. The molecule has 0 aromatic heterocycles. The first-order valence-corrected chi connectivity index (χ1v) is 29.0. The van der Waals surface area contributed by atoms with Crippen molar-refractivity contribution in [2.45, 2.75) is 258 Å². The second-order valence-corrected chi connectivity index (χ2v) is 18.8. The van der Waals surface area contributed by atoms with Crippen molar-refractivity contribution < 1.29 is 28.6 Å². The Morgan fingerprint density at radius 1 is 0.296 bits per heavy atom. The summed E-state index contributed by atoms with van der Waals surface area (Å²) in [5.41, 5.74) is 0. The van der Waals surface area contributed by atoms with Gasteiger partial charge < -0.3 is 14.2 Å². The fourth-order valence-electron chi connectivity index (χ4n) is 7.58. The predicted molar refractivity (Wildman–Crippen MR) is 306 cm³/mol. The summed E-state index contributed by atoms with van der Waals surface area (Å²) in [4.78, 5) is 38.1. The molecule has 0 saturated carbocycles. The van der Waals surface area contributed by atoms with Crippen molar-refractivity contribution in [3.63, 3.8) is 0 Å². The molecule has 0 aliphatic carbocycles. The Bertz CT molecular complexity index is 1500. The van der Waals surface area contributed by atoms with Gasteiger partial charge in [-0.05, 0) is 122 Å². The normalized spacial score (nSPS) is 13.0. The summed E-state index contributed by atoms with van der Waals surface area (Å²) in [5.74, 6) is -1.04. The van der Waals surface area contributed by atoms with Gasteiger partial charge in [-0.3, -0.25) is 14.4 Å². The SMILES string of the molecule is CC/C=C\C/C=C\C/C=C\C/C=C\C/C=C\CCCC(=O)OC[C@H](COC(=O)CCCCCCCCCCC/C=C\C/C=C\CCCCC)OC(=O)CCC/C=C\C/C=C\C/C=C\CCCCCCCC. The van der Waals surface area contributed by atoms with Crippen molar-refractivity contribution in [3.8, 4) is 0 Å². The molecular weight excluding hydrogens is 877 g/mol. The summed E-state index contributed by atoms with van der Waals surface area (Å²) in [6.45, 7) is 6.40. The number of rotatable bonds is 51. The maximum atomic E-state index is 12.8. The van der Waals surface area contributed by atoms with Crippen LogP contribution in [0.1, 0.15) is 252 Å². The van der Waals surface area contributed by atoms with E-state index in [2.05, 4.69) is 142 Å². The van der Waals surface area contributed by atoms with Gasteiger partial charge in [0.2, 0.25) is 0 Å². The predicted octanol–water partition coefficient (Wildman–Crippen LogP) is 19.6. The van der Waals surface area contributed by atoms with Crippen molar-refractivity contribution in [2.75, 3.05) is 13.2 Å². The van der Waals surface area contributed by atoms with Gasteiger partial charge in [0.15, 0.2) is 6.10 Å². The van der Waals surface area contributed by atoms with Gasteiger partial charge in [-0.25, -0.2) is 0 Å². The van der Waals surface area contributed by atoms with E-state index >= 15 is 0 Å². The zero-order valence-corrected chi connectivity index (χ0v) is 45.9. The third kappa shape index (κ3) is 56.6. The smallest absolute Gasteiger partial charge is 0.306 e. The number of allylic oxidation sites excluding steroid dienone is 20. The standard InChI is InChI=1S/C65H106O6/c1-4-7-10-13-16-19-22-25-28-31-32-35-37-40-43-46-49-52-55-58-64(67)70-61-62(71-65(68)59-56-53-50-47-44-41-38-34-30-27-24-21-18-15-12-9-6-3)60-69-63(66)57-54-51-48-45-42-39-36-33-29-26-23-20-17-14-11-8-5-2/h8,11,16-17,19-20,25-30,36,38-39,41,45,47-48,50,62H,4-7,9-10,12-15,18,21-24,31-35,37,40,42-44,46,49,51-61H2,1-3H3/b11-8-,19-16-,20-17-,28-25-,29-26-,30-27-,39-36-,41-38-,48-45-,50-47-/t62-/m1/s1. The fourth-order valence-corrected chi connectivity index (χ4v) is 7.58. The highest BCUT2D eigenvalue weighted by Crippen LogP contribution is 2.14. The van der Waals surface area contributed by atoms with E-state index < -0.39 is 6.10 Å². The Hall–Kier alpha value is -4.19. The number of hydrogen-bond acceptors (Lipinski definition) is 6. The Labute approximate surface area is 437 Å². The minimum Gasteiger partial charge on any atom is -0.462 e. The highest BCUT2D eigenvalue weighted by atomic mass is 16.6. The van der Waals surface area contributed by atoms with E-state index in [0.717, 1.165) is 83.5 Å². The van der Waals surface area contributed by atoms with Crippen LogP contribution in [-0.4, -0.2) is 37.2 Å². The third-order valence-corrected chi connectivity index (χ3v) is 11.9. The molecule has 0 amide bonds. The second kappa shape index (κ2) is 58.4. The van der Waals surface area contributed by atoms with Gasteiger partial charge >= 0.3 is 17.9 Å². The number of carbonyl (C=O) groups excluding carboxylic acids is 3. The molecule has 71 heavy (non-hydrogen) atoms. The van der Waals surface area contributed by atoms with E-state index in [0.29, 0.717) is 19.3 Å². The summed E-state index contributed by atoms with van der Waals surface area (Å²) < 4.78 is 16.8. The summed E-state index contributed by atoms with van der Waals surface area (Å²) in [6.07, 6.45) is 80.6. The van der Waals surface area contributed by atoms with Crippen LogP contribution in [0.3, 0.4) is 0 Å². The highest BCUT2D eigenvalue weighted by molar-refractivity contribution is 5.71. The molecule has 0 radical (unpaired) electrons. The van der Waals surface area contributed by atoms with Crippen LogP contribution in [0.5, 0.6) is 0 Å². The first kappa shape index (κ1) is 66.8. The van der Waals surface area contributed by atoms with Gasteiger partial charge in [0, 0.05) is 19.3 Å². The average Bonchev–Trinajstić information content (AvgIpc) is 3.37. The lowest BCUT2D eigenvalue weighted by molar-refractivity contribution is -0.167. The zero-order chi connectivity index (χ0) is 51.4. The maximum Gasteiger partial charge on any atom is 0.306 e. The Morgan fingerprint density at radius 3 is 0.944 bits per heavy atom. The summed E-state index contributed by atoms with van der Waals surface area (Å²) in [6, 6.07) is 0. The molecule has 0 spiro atoms. The van der Waals surface area contributed by atoms with Crippen molar-refractivity contribution >= 4 is 17.9 Å². The second-order valence-electron chi connectivity index (χ2n) is 18.8. The van der Waals surface area contributed by atoms with Crippen LogP contribution in [-0.2, 0) is 28.6 Å². The van der Waals surface area contributed by atoms with E-state index in [1.165, 1.54) is 116 Å². The molecule has 0 fully saturated rings. The lowest BCUT2D eigenvalue weighted by Crippen LogP contribution is -2.30. The van der Waals surface area contributed by atoms with Crippen LogP contribution in [0.2, 0.25) is 0 Å². The molecule has 0 unspecified atom stereocenters. The van der Waals surface area contributed by atoms with Crippen LogP contribution in [0.4, 0.5) is 0 Å². The molecule has 0 saturated heterocycles. The molecule has 0 aliphatic heterocycles. The van der Waals surface area contributed by atoms with Gasteiger partial charge in [-0.1, -0.05) is 232 Å². The summed E-state index contributed by atoms with van der Waals surface area (Å²) in [7, 11) is 0. The molecule has 0 aromatic carbocycles. The Balaban J connectivity index is 4.55. The number of unbranched alkanes of at least 4 members (excludes halogenated alkanes) is 20. The van der Waals surface area contributed by atoms with Crippen molar-refractivity contribution in [1.82, 2.24) is 0 Å². The molecule has 402 valence electrons. The fraction of sp³-hybridized carbons (Fsp3) is 0.646. The van der Waals surface area contributed by atoms with Crippen LogP contribution < -0.4 is 0 Å². The minimum absolute atomic E-state index is 0.121. The van der Waals surface area contributed by atoms with Crippen molar-refractivity contribution in [1.29, 1.82) is 0 Å². The van der Waals surface area contributed by atoms with E-state index in [9.17, 15) is 14.4 Å². The van der Waals surface area contributed by atoms with E-state index in [-0.39, 0.29) is 44.0 Å². The Kier molecular flexibility index (Phi) is 54.9. The van der Waals surface area contributed by atoms with Crippen LogP contribution >= 0.6 is 0 Å². The lowest BCUT2D eigenvalue weighted by Gasteiger charge is -2.18. The molecule has 0 rings (SSSR count). The van der Waals surface area contributed by atoms with Crippen LogP contribution in [0.15, 0.2) is 122 Å². The quantitative estimate of drug-likeness (QED) is 0.0261. The first-order valence-electron chi connectivity index (χ1n) is 29.0. The minimum atomic E-state index is -0.833. The van der Waals surface area contributed by atoms with E-state index in [1.54, 1.807) is 0 Å². The number of hydrogen-bond donors (Lipinski definition) is 0. The van der Waals surface area contributed by atoms with Gasteiger partial charge in [0.1, 0.15) is 13.2 Å². The topological polar surface area (TPSA) is 78.9 Å². The molecule has 0 bridgehead atoms. The first-order chi connectivity index (χ1) is 35.0. The lowest BCUT2D eigenvalue weighted by atomic mass is 10.1. The molecule has 6 heteroatoms. The van der Waals surface area contributed by atoms with Gasteiger partial charge in [0.25, 0.3) is 0 Å². The molecule has 1 atom stereocenters. The van der Waals surface area contributed by atoms with Crippen molar-refractivity contribution in [2.24, 2.45) is 0 Å².